The number of aryl methyl sites for hydroxylation is 1. The van der Waals surface area contributed by atoms with Crippen LogP contribution in [0.4, 0.5) is 19.0 Å². The maximum Gasteiger partial charge on any atom is 0.417 e. The molecule has 5 nitrogen and oxygen atoms in total. The van der Waals surface area contributed by atoms with Crippen molar-refractivity contribution in [1.29, 1.82) is 0 Å². The number of nitrogens with two attached hydrogens (primary N) is 1. The summed E-state index contributed by atoms with van der Waals surface area (Å²) in [4.78, 5) is 23.5. The fourth-order valence-electron chi connectivity index (χ4n) is 4.25. The number of hydrogen-bond acceptors (Lipinski definition) is 4. The van der Waals surface area contributed by atoms with Gasteiger partial charge in [0.25, 0.3) is 5.91 Å². The molecule has 0 saturated carbocycles. The molecular formula is C24H25F3N4O. The number of nitrogen functional groups attached to an aromatic ring is 1. The second kappa shape index (κ2) is 8.41. The molecule has 2 aromatic heterocycles. The lowest BCUT2D eigenvalue weighted by Gasteiger charge is -2.25. The fourth-order valence-corrected chi connectivity index (χ4v) is 4.25. The molecule has 168 valence electrons. The molecule has 0 saturated heterocycles. The molecule has 0 unspecified atom stereocenters. The molecule has 0 bridgehead atoms. The number of halogens is 3. The summed E-state index contributed by atoms with van der Waals surface area (Å²) in [6.07, 6.45) is -0.829. The van der Waals surface area contributed by atoms with E-state index in [9.17, 15) is 18.0 Å². The van der Waals surface area contributed by atoms with Crippen LogP contribution < -0.4 is 5.73 Å². The Kier molecular flexibility index (Phi) is 5.79. The Morgan fingerprint density at radius 2 is 1.91 bits per heavy atom. The summed E-state index contributed by atoms with van der Waals surface area (Å²) in [5.41, 5.74) is 9.20. The molecule has 0 atom stereocenters. The predicted octanol–water partition coefficient (Wildman–Crippen LogP) is 5.02. The molecule has 1 aliphatic carbocycles. The van der Waals surface area contributed by atoms with E-state index in [1.165, 1.54) is 6.07 Å². The normalized spacial score (nSPS) is 13.6. The van der Waals surface area contributed by atoms with Gasteiger partial charge in [-0.05, 0) is 66.6 Å². The van der Waals surface area contributed by atoms with Crippen LogP contribution in [0, 0.1) is 5.92 Å². The Morgan fingerprint density at radius 1 is 1.16 bits per heavy atom. The van der Waals surface area contributed by atoms with Gasteiger partial charge in [-0.25, -0.2) is 4.98 Å². The molecule has 3 aromatic rings. The molecule has 0 spiro atoms. The number of benzene rings is 1. The van der Waals surface area contributed by atoms with E-state index in [0.29, 0.717) is 23.6 Å². The van der Waals surface area contributed by atoms with E-state index in [2.05, 4.69) is 9.97 Å². The molecule has 0 aliphatic heterocycles. The van der Waals surface area contributed by atoms with E-state index in [1.54, 1.807) is 11.0 Å². The average Bonchev–Trinajstić information content (AvgIpc) is 3.23. The Labute approximate surface area is 184 Å². The maximum absolute atomic E-state index is 13.4. The van der Waals surface area contributed by atoms with Crippen LogP contribution in [0.15, 0.2) is 36.5 Å². The number of fused-ring (bicyclic) bond motifs is 3. The number of amides is 1. The van der Waals surface area contributed by atoms with Gasteiger partial charge in [0.2, 0.25) is 0 Å². The molecule has 0 radical (unpaired) electrons. The van der Waals surface area contributed by atoms with Crippen molar-refractivity contribution >= 4 is 22.6 Å². The number of aromatic nitrogens is 2. The molecule has 2 heterocycles. The van der Waals surface area contributed by atoms with Gasteiger partial charge in [-0.2, -0.15) is 13.2 Å². The van der Waals surface area contributed by atoms with E-state index in [0.717, 1.165) is 53.6 Å². The quantitative estimate of drug-likeness (QED) is 0.602. The van der Waals surface area contributed by atoms with Crippen molar-refractivity contribution in [3.63, 3.8) is 0 Å². The molecule has 1 aliphatic rings. The van der Waals surface area contributed by atoms with Gasteiger partial charge in [0.05, 0.1) is 23.3 Å². The first-order valence-corrected chi connectivity index (χ1v) is 10.7. The summed E-state index contributed by atoms with van der Waals surface area (Å²) in [5.74, 6) is 0.546. The summed E-state index contributed by atoms with van der Waals surface area (Å²) in [6.45, 7) is 4.56. The zero-order valence-electron chi connectivity index (χ0n) is 18.0. The van der Waals surface area contributed by atoms with Crippen LogP contribution in [0.25, 0.3) is 10.9 Å². The third-order valence-electron chi connectivity index (χ3n) is 5.71. The van der Waals surface area contributed by atoms with Crippen LogP contribution in [0.3, 0.4) is 0 Å². The van der Waals surface area contributed by atoms with Crippen LogP contribution in [0.1, 0.15) is 53.0 Å². The first kappa shape index (κ1) is 22.0. The summed E-state index contributed by atoms with van der Waals surface area (Å²) in [7, 11) is 0. The molecule has 1 aromatic carbocycles. The van der Waals surface area contributed by atoms with Crippen molar-refractivity contribution in [3.05, 3.63) is 64.5 Å². The van der Waals surface area contributed by atoms with Crippen molar-refractivity contribution in [2.45, 2.75) is 45.8 Å². The SMILES string of the molecule is CC(C)CN(Cc1ccc(C(F)(F)F)cn1)C(=O)c1ccc2nc(N)c3c(c2c1)CCC3. The molecule has 4 rings (SSSR count). The Balaban J connectivity index is 1.64. The highest BCUT2D eigenvalue weighted by atomic mass is 19.4. The minimum Gasteiger partial charge on any atom is -0.383 e. The van der Waals surface area contributed by atoms with Gasteiger partial charge in [0.15, 0.2) is 0 Å². The first-order valence-electron chi connectivity index (χ1n) is 10.7. The lowest BCUT2D eigenvalue weighted by atomic mass is 10.0. The van der Waals surface area contributed by atoms with Crippen molar-refractivity contribution in [2.24, 2.45) is 5.92 Å². The highest BCUT2D eigenvalue weighted by Crippen LogP contribution is 2.33. The predicted molar refractivity (Wildman–Crippen MR) is 117 cm³/mol. The van der Waals surface area contributed by atoms with Crippen molar-refractivity contribution in [1.82, 2.24) is 14.9 Å². The zero-order chi connectivity index (χ0) is 23.0. The summed E-state index contributed by atoms with van der Waals surface area (Å²) >= 11 is 0. The van der Waals surface area contributed by atoms with Crippen molar-refractivity contribution in [3.8, 4) is 0 Å². The molecule has 2 N–H and O–H groups in total. The number of anilines is 1. The van der Waals surface area contributed by atoms with Gasteiger partial charge in [0.1, 0.15) is 5.82 Å². The number of nitrogens with zero attached hydrogens (tertiary/aromatic N) is 3. The highest BCUT2D eigenvalue weighted by Gasteiger charge is 2.31. The molecule has 32 heavy (non-hydrogen) atoms. The summed E-state index contributed by atoms with van der Waals surface area (Å²) in [6, 6.07) is 7.72. The van der Waals surface area contributed by atoms with E-state index in [1.807, 2.05) is 26.0 Å². The van der Waals surface area contributed by atoms with Crippen LogP contribution in [0.5, 0.6) is 0 Å². The Hall–Kier alpha value is -3.16. The lowest BCUT2D eigenvalue weighted by Crippen LogP contribution is -2.34. The number of rotatable bonds is 5. The molecular weight excluding hydrogens is 417 g/mol. The molecule has 1 amide bonds. The number of carbonyl (C=O) groups excluding carboxylic acids is 1. The third kappa shape index (κ3) is 4.40. The summed E-state index contributed by atoms with van der Waals surface area (Å²) < 4.78 is 38.5. The second-order valence-corrected chi connectivity index (χ2v) is 8.66. The number of carbonyl (C=O) groups is 1. The number of alkyl halides is 3. The van der Waals surface area contributed by atoms with Crippen LogP contribution in [0.2, 0.25) is 0 Å². The van der Waals surface area contributed by atoms with E-state index in [4.69, 9.17) is 5.73 Å². The zero-order valence-corrected chi connectivity index (χ0v) is 18.0. The van der Waals surface area contributed by atoms with Crippen LogP contribution >= 0.6 is 0 Å². The first-order chi connectivity index (χ1) is 15.1. The number of hydrogen-bond donors (Lipinski definition) is 1. The van der Waals surface area contributed by atoms with Crippen molar-refractivity contribution < 1.29 is 18.0 Å². The largest absolute Gasteiger partial charge is 0.417 e. The van der Waals surface area contributed by atoms with Crippen LogP contribution in [-0.4, -0.2) is 27.3 Å². The molecule has 0 fully saturated rings. The summed E-state index contributed by atoms with van der Waals surface area (Å²) in [5, 5.41) is 0.940. The third-order valence-corrected chi connectivity index (χ3v) is 5.71. The maximum atomic E-state index is 13.4. The van der Waals surface area contributed by atoms with Crippen molar-refractivity contribution in [2.75, 3.05) is 12.3 Å². The topological polar surface area (TPSA) is 72.1 Å². The van der Waals surface area contributed by atoms with Gasteiger partial charge in [-0.1, -0.05) is 13.8 Å². The van der Waals surface area contributed by atoms with E-state index >= 15 is 0 Å². The highest BCUT2D eigenvalue weighted by molar-refractivity contribution is 5.99. The van der Waals surface area contributed by atoms with Gasteiger partial charge in [-0.15, -0.1) is 0 Å². The van der Waals surface area contributed by atoms with Crippen LogP contribution in [-0.2, 0) is 25.6 Å². The van der Waals surface area contributed by atoms with Gasteiger partial charge in [0, 0.05) is 23.7 Å². The number of pyridine rings is 2. The fraction of sp³-hybridized carbons (Fsp3) is 0.375. The smallest absolute Gasteiger partial charge is 0.383 e. The standard InChI is InChI=1S/C24H25F3N4O/c1-14(2)12-31(13-17-8-7-16(11-29-17)24(25,26)27)23(32)15-6-9-21-20(10-15)18-4-3-5-19(18)22(28)30-21/h6-11,14H,3-5,12-13H2,1-2H3,(H2,28,30). The average molecular weight is 442 g/mol. The second-order valence-electron chi connectivity index (χ2n) is 8.66. The minimum atomic E-state index is -4.44. The van der Waals surface area contributed by atoms with Gasteiger partial charge in [-0.3, -0.25) is 9.78 Å². The van der Waals surface area contributed by atoms with Gasteiger partial charge >= 0.3 is 6.18 Å². The lowest BCUT2D eigenvalue weighted by molar-refractivity contribution is -0.137. The monoisotopic (exact) mass is 442 g/mol. The Bertz CT molecular complexity index is 1160. The minimum absolute atomic E-state index is 0.130. The molecule has 8 heteroatoms. The van der Waals surface area contributed by atoms with E-state index in [-0.39, 0.29) is 18.4 Å². The Morgan fingerprint density at radius 3 is 2.56 bits per heavy atom. The van der Waals surface area contributed by atoms with E-state index < -0.39 is 11.7 Å². The van der Waals surface area contributed by atoms with Gasteiger partial charge < -0.3 is 10.6 Å².